The summed E-state index contributed by atoms with van der Waals surface area (Å²) in [5, 5.41) is 11.2. The van der Waals surface area contributed by atoms with E-state index >= 15 is 0 Å². The van der Waals surface area contributed by atoms with Gasteiger partial charge in [0, 0.05) is 11.6 Å². The van der Waals surface area contributed by atoms with E-state index < -0.39 is 20.9 Å². The molecule has 0 saturated carbocycles. The summed E-state index contributed by atoms with van der Waals surface area (Å²) >= 11 is 1.04. The Hall–Kier alpha value is -3.18. The van der Waals surface area contributed by atoms with E-state index in [9.17, 15) is 23.3 Å². The number of aryl methyl sites for hydroxylation is 1. The number of rotatable bonds is 5. The van der Waals surface area contributed by atoms with Gasteiger partial charge in [-0.1, -0.05) is 18.2 Å². The fraction of sp³-hybridized carbons (Fsp3) is 0.0588. The van der Waals surface area contributed by atoms with Gasteiger partial charge in [0.05, 0.1) is 9.83 Å². The largest absolute Gasteiger partial charge is 0.379 e. The van der Waals surface area contributed by atoms with E-state index in [4.69, 9.17) is 9.92 Å². The van der Waals surface area contributed by atoms with Gasteiger partial charge in [0.25, 0.3) is 11.6 Å². The standard InChI is InChI=1S/C17H13N3O6S2/c1-10-2-7-13(9-14(10)20(22)23)28(24,25)26-12-5-3-11(4-6-12)8-15-16(21)19-17(18)27-15/h2-9H,1H3,(H2,18,19,21)/b15-8+. The number of nitrogens with two attached hydrogens (primary N) is 1. The Labute approximate surface area is 164 Å². The predicted octanol–water partition coefficient (Wildman–Crippen LogP) is 2.60. The number of amides is 1. The molecule has 1 aliphatic rings. The Morgan fingerprint density at radius 2 is 1.89 bits per heavy atom. The van der Waals surface area contributed by atoms with Gasteiger partial charge in [0.1, 0.15) is 10.6 Å². The third kappa shape index (κ3) is 4.21. The molecular weight excluding hydrogens is 406 g/mol. The minimum absolute atomic E-state index is 0.0199. The van der Waals surface area contributed by atoms with Crippen molar-refractivity contribution < 1.29 is 22.3 Å². The van der Waals surface area contributed by atoms with Crippen LogP contribution in [-0.2, 0) is 14.9 Å². The molecule has 0 radical (unpaired) electrons. The lowest BCUT2D eigenvalue weighted by molar-refractivity contribution is -0.385. The van der Waals surface area contributed by atoms with Gasteiger partial charge in [-0.3, -0.25) is 14.9 Å². The van der Waals surface area contributed by atoms with Crippen LogP contribution in [0.4, 0.5) is 5.69 Å². The van der Waals surface area contributed by atoms with E-state index in [-0.39, 0.29) is 21.5 Å². The van der Waals surface area contributed by atoms with E-state index in [1.165, 1.54) is 31.2 Å². The third-order valence-corrected chi connectivity index (χ3v) is 5.74. The highest BCUT2D eigenvalue weighted by molar-refractivity contribution is 8.18. The Bertz CT molecular complexity index is 1140. The molecule has 1 aliphatic heterocycles. The molecule has 0 aromatic heterocycles. The number of nitro groups is 1. The molecule has 0 saturated heterocycles. The average molecular weight is 419 g/mol. The number of hydrogen-bond acceptors (Lipinski definition) is 8. The van der Waals surface area contributed by atoms with Gasteiger partial charge in [0.15, 0.2) is 5.17 Å². The SMILES string of the molecule is Cc1ccc(S(=O)(=O)Oc2ccc(/C=C3/SC(N)=NC3=O)cc2)cc1[N+](=O)[O-]. The molecule has 0 fully saturated rings. The van der Waals surface area contributed by atoms with E-state index in [0.29, 0.717) is 16.0 Å². The Balaban J connectivity index is 1.80. The minimum Gasteiger partial charge on any atom is -0.379 e. The summed E-state index contributed by atoms with van der Waals surface area (Å²) in [6.45, 7) is 1.51. The maximum absolute atomic E-state index is 12.4. The summed E-state index contributed by atoms with van der Waals surface area (Å²) in [4.78, 5) is 25.6. The second kappa shape index (κ2) is 7.44. The zero-order valence-corrected chi connectivity index (χ0v) is 16.0. The smallest absolute Gasteiger partial charge is 0.339 e. The number of nitrogens with zero attached hydrogens (tertiary/aromatic N) is 2. The second-order valence-corrected chi connectivity index (χ2v) is 8.29. The summed E-state index contributed by atoms with van der Waals surface area (Å²) in [6, 6.07) is 9.45. The van der Waals surface area contributed by atoms with E-state index in [2.05, 4.69) is 4.99 Å². The van der Waals surface area contributed by atoms with Crippen LogP contribution in [0.5, 0.6) is 5.75 Å². The molecule has 28 heavy (non-hydrogen) atoms. The molecule has 11 heteroatoms. The quantitative estimate of drug-likeness (QED) is 0.337. The summed E-state index contributed by atoms with van der Waals surface area (Å²) in [6.07, 6.45) is 1.57. The van der Waals surface area contributed by atoms with Gasteiger partial charge in [-0.25, -0.2) is 0 Å². The van der Waals surface area contributed by atoms with Crippen LogP contribution in [0.3, 0.4) is 0 Å². The van der Waals surface area contributed by atoms with Gasteiger partial charge >= 0.3 is 10.1 Å². The zero-order valence-electron chi connectivity index (χ0n) is 14.4. The molecule has 2 N–H and O–H groups in total. The molecule has 3 rings (SSSR count). The topological polar surface area (TPSA) is 142 Å². The summed E-state index contributed by atoms with van der Waals surface area (Å²) in [5.41, 5.74) is 6.13. The second-order valence-electron chi connectivity index (χ2n) is 5.68. The highest BCUT2D eigenvalue weighted by Crippen LogP contribution is 2.28. The van der Waals surface area contributed by atoms with Gasteiger partial charge in [-0.15, -0.1) is 0 Å². The van der Waals surface area contributed by atoms with Gasteiger partial charge in [0.2, 0.25) is 0 Å². The van der Waals surface area contributed by atoms with Gasteiger partial charge in [-0.05, 0) is 48.5 Å². The first-order chi connectivity index (χ1) is 13.2. The monoisotopic (exact) mass is 419 g/mol. The molecule has 1 amide bonds. The molecule has 0 aliphatic carbocycles. The number of amidine groups is 1. The fourth-order valence-corrected chi connectivity index (χ4v) is 3.95. The molecule has 144 valence electrons. The van der Waals surface area contributed by atoms with Crippen LogP contribution < -0.4 is 9.92 Å². The number of carbonyl (C=O) groups excluding carboxylic acids is 1. The van der Waals surface area contributed by atoms with Crippen LogP contribution in [-0.4, -0.2) is 24.4 Å². The number of aliphatic imine (C=N–C) groups is 1. The van der Waals surface area contributed by atoms with Crippen molar-refractivity contribution in [2.24, 2.45) is 10.7 Å². The van der Waals surface area contributed by atoms with Gasteiger partial charge < -0.3 is 9.92 Å². The zero-order chi connectivity index (χ0) is 20.5. The lowest BCUT2D eigenvalue weighted by Gasteiger charge is -2.08. The van der Waals surface area contributed by atoms with Crippen LogP contribution in [0.25, 0.3) is 6.08 Å². The van der Waals surface area contributed by atoms with Gasteiger partial charge in [-0.2, -0.15) is 13.4 Å². The van der Waals surface area contributed by atoms with Crippen LogP contribution in [0, 0.1) is 17.0 Å². The van der Waals surface area contributed by atoms with Crippen molar-refractivity contribution in [1.82, 2.24) is 0 Å². The number of nitro benzene ring substituents is 1. The lowest BCUT2D eigenvalue weighted by Crippen LogP contribution is -2.10. The van der Waals surface area contributed by atoms with E-state index in [1.54, 1.807) is 18.2 Å². The molecule has 2 aromatic carbocycles. The van der Waals surface area contributed by atoms with Crippen LogP contribution in [0.1, 0.15) is 11.1 Å². The Morgan fingerprint density at radius 3 is 2.46 bits per heavy atom. The van der Waals surface area contributed by atoms with Crippen LogP contribution >= 0.6 is 11.8 Å². The van der Waals surface area contributed by atoms with Crippen LogP contribution in [0.2, 0.25) is 0 Å². The van der Waals surface area contributed by atoms with Crippen molar-refractivity contribution in [3.8, 4) is 5.75 Å². The molecule has 0 bridgehead atoms. The number of thioether (sulfide) groups is 1. The Kier molecular flexibility index (Phi) is 5.21. The molecule has 0 unspecified atom stereocenters. The average Bonchev–Trinajstić information content (AvgIpc) is 2.93. The van der Waals surface area contributed by atoms with E-state index in [1.807, 2.05) is 0 Å². The van der Waals surface area contributed by atoms with Crippen molar-refractivity contribution in [2.75, 3.05) is 0 Å². The van der Waals surface area contributed by atoms with Crippen molar-refractivity contribution in [3.05, 3.63) is 68.6 Å². The maximum atomic E-state index is 12.4. The van der Waals surface area contributed by atoms with Crippen LogP contribution in [0.15, 0.2) is 57.3 Å². The molecule has 0 atom stereocenters. The molecule has 0 spiro atoms. The van der Waals surface area contributed by atoms with Crippen molar-refractivity contribution in [3.63, 3.8) is 0 Å². The molecule has 1 heterocycles. The van der Waals surface area contributed by atoms with E-state index in [0.717, 1.165) is 17.8 Å². The number of carbonyl (C=O) groups is 1. The summed E-state index contributed by atoms with van der Waals surface area (Å²) < 4.78 is 29.8. The highest BCUT2D eigenvalue weighted by Gasteiger charge is 2.22. The summed E-state index contributed by atoms with van der Waals surface area (Å²) in [5.74, 6) is -0.419. The number of benzene rings is 2. The predicted molar refractivity (Wildman–Crippen MR) is 104 cm³/mol. The first-order valence-electron chi connectivity index (χ1n) is 7.73. The van der Waals surface area contributed by atoms with Crippen molar-refractivity contribution in [1.29, 1.82) is 0 Å². The molecule has 9 nitrogen and oxygen atoms in total. The fourth-order valence-electron chi connectivity index (χ4n) is 2.31. The van der Waals surface area contributed by atoms with Crippen molar-refractivity contribution >= 4 is 44.7 Å². The first-order valence-corrected chi connectivity index (χ1v) is 9.96. The third-order valence-electron chi connectivity index (χ3n) is 3.69. The molecule has 2 aromatic rings. The first kappa shape index (κ1) is 19.6. The number of hydrogen-bond donors (Lipinski definition) is 1. The normalized spacial score (nSPS) is 15.5. The Morgan fingerprint density at radius 1 is 1.21 bits per heavy atom. The molecular formula is C17H13N3O6S2. The maximum Gasteiger partial charge on any atom is 0.339 e. The lowest BCUT2D eigenvalue weighted by atomic mass is 10.2. The highest BCUT2D eigenvalue weighted by atomic mass is 32.2. The minimum atomic E-state index is -4.25. The summed E-state index contributed by atoms with van der Waals surface area (Å²) in [7, 11) is -4.25. The van der Waals surface area contributed by atoms with Crippen molar-refractivity contribution in [2.45, 2.75) is 11.8 Å².